The van der Waals surface area contributed by atoms with Crippen molar-refractivity contribution in [2.24, 2.45) is 0 Å². The summed E-state index contributed by atoms with van der Waals surface area (Å²) in [6.07, 6.45) is 2.90. The Morgan fingerprint density at radius 1 is 1.00 bits per heavy atom. The fraction of sp³-hybridized carbons (Fsp3) is 0.192. The van der Waals surface area contributed by atoms with Crippen molar-refractivity contribution in [2.75, 3.05) is 0 Å². The standard InChI is InChI=1S/C26H23FN4/c1-2-3-12-24-29-26(31-30-24)25(22-10-6-7-11-23(22)27)19-15-13-18(14-16-19)21-9-5-4-8-20(21)17-28/h4-11,13-16,25H,2-3,12H2,1H3,(H,29,30,31). The van der Waals surface area contributed by atoms with Crippen LogP contribution in [0.4, 0.5) is 4.39 Å². The molecule has 1 N–H and O–H groups in total. The first kappa shape index (κ1) is 20.5. The summed E-state index contributed by atoms with van der Waals surface area (Å²) in [7, 11) is 0. The van der Waals surface area contributed by atoms with Crippen LogP contribution >= 0.6 is 0 Å². The van der Waals surface area contributed by atoms with E-state index in [0.717, 1.165) is 41.8 Å². The number of hydrogen-bond acceptors (Lipinski definition) is 3. The number of halogens is 1. The molecule has 0 saturated carbocycles. The summed E-state index contributed by atoms with van der Waals surface area (Å²) in [5.41, 5.74) is 3.86. The lowest BCUT2D eigenvalue weighted by atomic mass is 9.88. The summed E-state index contributed by atoms with van der Waals surface area (Å²) in [5.74, 6) is 0.665. The third-order valence-electron chi connectivity index (χ3n) is 5.39. The van der Waals surface area contributed by atoms with Crippen molar-refractivity contribution in [1.29, 1.82) is 5.26 Å². The lowest BCUT2D eigenvalue weighted by Crippen LogP contribution is -2.08. The van der Waals surface area contributed by atoms with Gasteiger partial charge in [-0.15, -0.1) is 0 Å². The van der Waals surface area contributed by atoms with E-state index in [2.05, 4.69) is 28.2 Å². The Labute approximate surface area is 181 Å². The fourth-order valence-electron chi connectivity index (χ4n) is 3.76. The zero-order chi connectivity index (χ0) is 21.6. The highest BCUT2D eigenvalue weighted by Crippen LogP contribution is 2.33. The van der Waals surface area contributed by atoms with E-state index in [1.165, 1.54) is 6.07 Å². The van der Waals surface area contributed by atoms with E-state index in [1.807, 2.05) is 48.5 Å². The lowest BCUT2D eigenvalue weighted by molar-refractivity contribution is 0.603. The van der Waals surface area contributed by atoms with Crippen LogP contribution in [-0.4, -0.2) is 15.2 Å². The van der Waals surface area contributed by atoms with Gasteiger partial charge in [-0.25, -0.2) is 9.37 Å². The van der Waals surface area contributed by atoms with Gasteiger partial charge in [-0.05, 0) is 35.2 Å². The number of benzene rings is 3. The van der Waals surface area contributed by atoms with E-state index in [0.29, 0.717) is 17.0 Å². The smallest absolute Gasteiger partial charge is 0.162 e. The summed E-state index contributed by atoms with van der Waals surface area (Å²) in [6, 6.07) is 24.3. The molecule has 1 aromatic heterocycles. The third-order valence-corrected chi connectivity index (χ3v) is 5.39. The Morgan fingerprint density at radius 2 is 1.74 bits per heavy atom. The number of nitrogens with zero attached hydrogens (tertiary/aromatic N) is 3. The maximum absolute atomic E-state index is 14.8. The van der Waals surface area contributed by atoms with Gasteiger partial charge in [-0.1, -0.05) is 74.0 Å². The van der Waals surface area contributed by atoms with Crippen LogP contribution < -0.4 is 0 Å². The van der Waals surface area contributed by atoms with Gasteiger partial charge in [0, 0.05) is 12.0 Å². The summed E-state index contributed by atoms with van der Waals surface area (Å²) in [4.78, 5) is 4.67. The van der Waals surface area contributed by atoms with Gasteiger partial charge in [0.15, 0.2) is 5.82 Å². The number of nitriles is 1. The summed E-state index contributed by atoms with van der Waals surface area (Å²) >= 11 is 0. The molecule has 0 spiro atoms. The highest BCUT2D eigenvalue weighted by molar-refractivity contribution is 5.70. The second-order valence-corrected chi connectivity index (χ2v) is 7.48. The van der Waals surface area contributed by atoms with Gasteiger partial charge < -0.3 is 0 Å². The molecule has 0 bridgehead atoms. The molecule has 0 aliphatic rings. The van der Waals surface area contributed by atoms with Crippen molar-refractivity contribution >= 4 is 0 Å². The van der Waals surface area contributed by atoms with Crippen molar-refractivity contribution in [3.05, 3.63) is 107 Å². The zero-order valence-electron chi connectivity index (χ0n) is 17.3. The lowest BCUT2D eigenvalue weighted by Gasteiger charge is -2.16. The first-order chi connectivity index (χ1) is 15.2. The van der Waals surface area contributed by atoms with Crippen LogP contribution in [0.2, 0.25) is 0 Å². The van der Waals surface area contributed by atoms with Gasteiger partial charge in [-0.2, -0.15) is 10.4 Å². The molecule has 154 valence electrons. The fourth-order valence-corrected chi connectivity index (χ4v) is 3.76. The number of H-pyrrole nitrogens is 1. The minimum absolute atomic E-state index is 0.286. The highest BCUT2D eigenvalue weighted by atomic mass is 19.1. The molecule has 4 aromatic rings. The Hall–Kier alpha value is -3.78. The van der Waals surface area contributed by atoms with Crippen LogP contribution in [0.15, 0.2) is 72.8 Å². The maximum atomic E-state index is 14.8. The number of aromatic nitrogens is 3. The average molecular weight is 410 g/mol. The second-order valence-electron chi connectivity index (χ2n) is 7.48. The van der Waals surface area contributed by atoms with Gasteiger partial charge in [-0.3, -0.25) is 5.10 Å². The molecule has 0 fully saturated rings. The zero-order valence-corrected chi connectivity index (χ0v) is 17.3. The van der Waals surface area contributed by atoms with E-state index in [9.17, 15) is 9.65 Å². The monoisotopic (exact) mass is 410 g/mol. The Kier molecular flexibility index (Phi) is 6.18. The quantitative estimate of drug-likeness (QED) is 0.406. The number of rotatable bonds is 7. The van der Waals surface area contributed by atoms with E-state index < -0.39 is 5.92 Å². The molecule has 0 aliphatic heterocycles. The van der Waals surface area contributed by atoms with Crippen LogP contribution in [0.1, 0.15) is 54.0 Å². The van der Waals surface area contributed by atoms with Crippen molar-refractivity contribution in [1.82, 2.24) is 15.2 Å². The normalized spacial score (nSPS) is 11.8. The number of hydrogen-bond donors (Lipinski definition) is 1. The summed E-state index contributed by atoms with van der Waals surface area (Å²) < 4.78 is 14.8. The average Bonchev–Trinajstić information content (AvgIpc) is 3.28. The van der Waals surface area contributed by atoms with Crippen LogP contribution in [0, 0.1) is 17.1 Å². The molecule has 0 aliphatic carbocycles. The van der Waals surface area contributed by atoms with Crippen LogP contribution in [0.25, 0.3) is 11.1 Å². The predicted molar refractivity (Wildman–Crippen MR) is 119 cm³/mol. The van der Waals surface area contributed by atoms with E-state index >= 15 is 0 Å². The van der Waals surface area contributed by atoms with Crippen molar-refractivity contribution in [3.8, 4) is 17.2 Å². The molecular formula is C26H23FN4. The molecule has 1 atom stereocenters. The topological polar surface area (TPSA) is 65.4 Å². The third kappa shape index (κ3) is 4.39. The molecule has 4 nitrogen and oxygen atoms in total. The molecule has 31 heavy (non-hydrogen) atoms. The molecule has 0 amide bonds. The SMILES string of the molecule is CCCCc1nc(C(c2ccc(-c3ccccc3C#N)cc2)c2ccccc2F)n[nH]1. The van der Waals surface area contributed by atoms with Crippen molar-refractivity contribution in [2.45, 2.75) is 32.1 Å². The van der Waals surface area contributed by atoms with Crippen LogP contribution in [-0.2, 0) is 6.42 Å². The minimum Gasteiger partial charge on any atom is -0.263 e. The largest absolute Gasteiger partial charge is 0.263 e. The van der Waals surface area contributed by atoms with E-state index in [1.54, 1.807) is 18.2 Å². The molecule has 3 aromatic carbocycles. The number of unbranched alkanes of at least 4 members (excludes halogenated alkanes) is 1. The van der Waals surface area contributed by atoms with Gasteiger partial charge in [0.1, 0.15) is 11.6 Å². The van der Waals surface area contributed by atoms with E-state index in [4.69, 9.17) is 0 Å². The molecule has 0 radical (unpaired) electrons. The second kappa shape index (κ2) is 9.36. The number of aryl methyl sites for hydroxylation is 1. The molecule has 5 heteroatoms. The molecule has 0 saturated heterocycles. The highest BCUT2D eigenvalue weighted by Gasteiger charge is 2.24. The van der Waals surface area contributed by atoms with E-state index in [-0.39, 0.29) is 5.82 Å². The Bertz CT molecular complexity index is 1200. The van der Waals surface area contributed by atoms with Crippen LogP contribution in [0.3, 0.4) is 0 Å². The van der Waals surface area contributed by atoms with Gasteiger partial charge >= 0.3 is 0 Å². The van der Waals surface area contributed by atoms with Crippen molar-refractivity contribution < 1.29 is 4.39 Å². The molecule has 4 rings (SSSR count). The maximum Gasteiger partial charge on any atom is 0.162 e. The van der Waals surface area contributed by atoms with Gasteiger partial charge in [0.2, 0.25) is 0 Å². The molecule has 1 unspecified atom stereocenters. The summed E-state index contributed by atoms with van der Waals surface area (Å²) in [5, 5.41) is 16.8. The molecular weight excluding hydrogens is 387 g/mol. The first-order valence-corrected chi connectivity index (χ1v) is 10.5. The van der Waals surface area contributed by atoms with Crippen molar-refractivity contribution in [3.63, 3.8) is 0 Å². The first-order valence-electron chi connectivity index (χ1n) is 10.5. The Balaban J connectivity index is 1.75. The summed E-state index contributed by atoms with van der Waals surface area (Å²) in [6.45, 7) is 2.13. The molecule has 1 heterocycles. The van der Waals surface area contributed by atoms with Gasteiger partial charge in [0.05, 0.1) is 17.6 Å². The predicted octanol–water partition coefficient (Wildman–Crippen LogP) is 6.01. The van der Waals surface area contributed by atoms with Gasteiger partial charge in [0.25, 0.3) is 0 Å². The number of aromatic amines is 1. The minimum atomic E-state index is -0.423. The van der Waals surface area contributed by atoms with Crippen LogP contribution in [0.5, 0.6) is 0 Å². The number of nitrogens with one attached hydrogen (secondary N) is 1. The Morgan fingerprint density at radius 3 is 2.48 bits per heavy atom.